The molecule has 6 heteroatoms. The lowest BCUT2D eigenvalue weighted by molar-refractivity contribution is 0.177. The van der Waals surface area contributed by atoms with Crippen LogP contribution in [0.3, 0.4) is 0 Å². The molecular weight excluding hydrogens is 258 g/mol. The molecule has 0 saturated carbocycles. The van der Waals surface area contributed by atoms with Crippen LogP contribution in [0, 0.1) is 13.8 Å². The Morgan fingerprint density at radius 1 is 1.47 bits per heavy atom. The Labute approximate surface area is 107 Å². The molecule has 0 amide bonds. The van der Waals surface area contributed by atoms with Gasteiger partial charge >= 0.3 is 0 Å². The predicted octanol–water partition coefficient (Wildman–Crippen LogP) is 1.76. The Bertz CT molecular complexity index is 477. The number of sulfonamides is 1. The minimum Gasteiger partial charge on any atom is -0.393 e. The van der Waals surface area contributed by atoms with Gasteiger partial charge in [-0.1, -0.05) is 0 Å². The fourth-order valence-corrected chi connectivity index (χ4v) is 4.23. The molecule has 0 aromatic carbocycles. The Hall–Kier alpha value is -0.430. The highest BCUT2D eigenvalue weighted by atomic mass is 32.2. The van der Waals surface area contributed by atoms with Gasteiger partial charge in [0.2, 0.25) is 10.0 Å². The monoisotopic (exact) mass is 277 g/mol. The fourth-order valence-electron chi connectivity index (χ4n) is 1.52. The van der Waals surface area contributed by atoms with Crippen LogP contribution in [0.2, 0.25) is 0 Å². The second-order valence-electron chi connectivity index (χ2n) is 4.24. The molecule has 0 aliphatic rings. The van der Waals surface area contributed by atoms with Crippen LogP contribution in [0.1, 0.15) is 23.1 Å². The number of nitrogens with zero attached hydrogens (tertiary/aromatic N) is 1. The van der Waals surface area contributed by atoms with Crippen molar-refractivity contribution in [3.8, 4) is 0 Å². The molecule has 1 aromatic heterocycles. The highest BCUT2D eigenvalue weighted by Crippen LogP contribution is 2.27. The summed E-state index contributed by atoms with van der Waals surface area (Å²) in [6.07, 6.45) is -0.0456. The van der Waals surface area contributed by atoms with E-state index in [2.05, 4.69) is 0 Å². The molecule has 0 saturated heterocycles. The maximum atomic E-state index is 12.2. The van der Waals surface area contributed by atoms with Gasteiger partial charge in [-0.15, -0.1) is 11.3 Å². The summed E-state index contributed by atoms with van der Waals surface area (Å²) in [5.74, 6) is 0. The first kappa shape index (κ1) is 14.6. The van der Waals surface area contributed by atoms with Crippen molar-refractivity contribution in [2.75, 3.05) is 13.6 Å². The first-order valence-electron chi connectivity index (χ1n) is 5.46. The van der Waals surface area contributed by atoms with E-state index in [1.807, 2.05) is 13.8 Å². The predicted molar refractivity (Wildman–Crippen MR) is 69.9 cm³/mol. The van der Waals surface area contributed by atoms with E-state index in [1.165, 1.54) is 15.6 Å². The summed E-state index contributed by atoms with van der Waals surface area (Å²) in [5.41, 5.74) is 0. The van der Waals surface area contributed by atoms with Crippen molar-refractivity contribution in [1.29, 1.82) is 0 Å². The molecule has 1 atom stereocenters. The summed E-state index contributed by atoms with van der Waals surface area (Å²) in [6, 6.07) is 1.70. The van der Waals surface area contributed by atoms with E-state index in [0.29, 0.717) is 17.9 Å². The molecule has 0 fully saturated rings. The molecule has 1 aromatic rings. The summed E-state index contributed by atoms with van der Waals surface area (Å²) in [4.78, 5) is 2.18. The maximum Gasteiger partial charge on any atom is 0.243 e. The van der Waals surface area contributed by atoms with E-state index < -0.39 is 16.1 Å². The van der Waals surface area contributed by atoms with Gasteiger partial charge in [0, 0.05) is 23.3 Å². The van der Waals surface area contributed by atoms with Crippen molar-refractivity contribution in [2.24, 2.45) is 0 Å². The summed E-state index contributed by atoms with van der Waals surface area (Å²) in [6.45, 7) is 5.69. The van der Waals surface area contributed by atoms with Crippen molar-refractivity contribution in [1.82, 2.24) is 4.31 Å². The van der Waals surface area contributed by atoms with Gasteiger partial charge in [0.1, 0.15) is 0 Å². The molecule has 0 spiro atoms. The molecule has 98 valence electrons. The standard InChI is InChI=1S/C11H19NO3S2/c1-8(13)5-6-12(4)17(14,15)11-7-9(2)16-10(11)3/h7-8,13H,5-6H2,1-4H3. The highest BCUT2D eigenvalue weighted by molar-refractivity contribution is 7.89. The molecular formula is C11H19NO3S2. The minimum atomic E-state index is -3.41. The smallest absolute Gasteiger partial charge is 0.243 e. The molecule has 1 heterocycles. The van der Waals surface area contributed by atoms with Gasteiger partial charge in [-0.25, -0.2) is 12.7 Å². The van der Waals surface area contributed by atoms with Crippen LogP contribution in [0.15, 0.2) is 11.0 Å². The van der Waals surface area contributed by atoms with Gasteiger partial charge in [-0.3, -0.25) is 0 Å². The summed E-state index contributed by atoms with van der Waals surface area (Å²) in [7, 11) is -1.87. The molecule has 0 aliphatic carbocycles. The lowest BCUT2D eigenvalue weighted by atomic mass is 10.3. The number of aliphatic hydroxyl groups excluding tert-OH is 1. The Kier molecular flexibility index (Phi) is 4.71. The highest BCUT2D eigenvalue weighted by Gasteiger charge is 2.24. The number of rotatable bonds is 5. The summed E-state index contributed by atoms with van der Waals surface area (Å²) in [5, 5.41) is 9.18. The van der Waals surface area contributed by atoms with Gasteiger partial charge in [0.05, 0.1) is 11.0 Å². The van der Waals surface area contributed by atoms with E-state index in [4.69, 9.17) is 0 Å². The summed E-state index contributed by atoms with van der Waals surface area (Å²) >= 11 is 1.48. The Morgan fingerprint density at radius 3 is 2.47 bits per heavy atom. The molecule has 4 nitrogen and oxygen atoms in total. The minimum absolute atomic E-state index is 0.328. The van der Waals surface area contributed by atoms with Crippen molar-refractivity contribution in [3.63, 3.8) is 0 Å². The zero-order chi connectivity index (χ0) is 13.2. The maximum absolute atomic E-state index is 12.2. The van der Waals surface area contributed by atoms with Gasteiger partial charge in [0.25, 0.3) is 0 Å². The van der Waals surface area contributed by atoms with Crippen LogP contribution in [-0.2, 0) is 10.0 Å². The fraction of sp³-hybridized carbons (Fsp3) is 0.636. The van der Waals surface area contributed by atoms with Crippen LogP contribution in [0.5, 0.6) is 0 Å². The molecule has 17 heavy (non-hydrogen) atoms. The average Bonchev–Trinajstić information content (AvgIpc) is 2.54. The largest absolute Gasteiger partial charge is 0.393 e. The number of thiophene rings is 1. The third-order valence-electron chi connectivity index (χ3n) is 2.55. The van der Waals surface area contributed by atoms with E-state index in [0.717, 1.165) is 9.75 Å². The number of hydrogen-bond donors (Lipinski definition) is 1. The number of aryl methyl sites for hydroxylation is 2. The number of hydrogen-bond acceptors (Lipinski definition) is 4. The molecule has 1 N–H and O–H groups in total. The molecule has 0 radical (unpaired) electrons. The first-order valence-corrected chi connectivity index (χ1v) is 7.72. The molecule has 0 bridgehead atoms. The summed E-state index contributed by atoms with van der Waals surface area (Å²) < 4.78 is 25.8. The van der Waals surface area contributed by atoms with E-state index in [-0.39, 0.29) is 0 Å². The van der Waals surface area contributed by atoms with Crippen molar-refractivity contribution in [3.05, 3.63) is 15.8 Å². The molecule has 0 aliphatic heterocycles. The van der Waals surface area contributed by atoms with Gasteiger partial charge < -0.3 is 5.11 Å². The van der Waals surface area contributed by atoms with Crippen LogP contribution < -0.4 is 0 Å². The Morgan fingerprint density at radius 2 is 2.06 bits per heavy atom. The average molecular weight is 277 g/mol. The van der Waals surface area contributed by atoms with Gasteiger partial charge in [-0.2, -0.15) is 0 Å². The zero-order valence-electron chi connectivity index (χ0n) is 10.6. The normalized spacial score (nSPS) is 14.2. The Balaban J connectivity index is 2.91. The molecule has 1 rings (SSSR count). The van der Waals surface area contributed by atoms with E-state index in [9.17, 15) is 13.5 Å². The van der Waals surface area contributed by atoms with Crippen LogP contribution in [0.25, 0.3) is 0 Å². The lowest BCUT2D eigenvalue weighted by Gasteiger charge is -2.17. The second kappa shape index (κ2) is 5.48. The van der Waals surface area contributed by atoms with Crippen molar-refractivity contribution < 1.29 is 13.5 Å². The lowest BCUT2D eigenvalue weighted by Crippen LogP contribution is -2.29. The number of aliphatic hydroxyl groups is 1. The quantitative estimate of drug-likeness (QED) is 0.892. The second-order valence-corrected chi connectivity index (χ2v) is 7.72. The third-order valence-corrected chi connectivity index (χ3v) is 5.62. The SMILES string of the molecule is Cc1cc(S(=O)(=O)N(C)CCC(C)O)c(C)s1. The van der Waals surface area contributed by atoms with Gasteiger partial charge in [0.15, 0.2) is 0 Å². The van der Waals surface area contributed by atoms with Crippen LogP contribution in [0.4, 0.5) is 0 Å². The van der Waals surface area contributed by atoms with Crippen LogP contribution in [-0.4, -0.2) is 37.5 Å². The molecule has 1 unspecified atom stereocenters. The topological polar surface area (TPSA) is 57.6 Å². The van der Waals surface area contributed by atoms with Crippen LogP contribution >= 0.6 is 11.3 Å². The van der Waals surface area contributed by atoms with E-state index in [1.54, 1.807) is 20.0 Å². The zero-order valence-corrected chi connectivity index (χ0v) is 12.2. The third kappa shape index (κ3) is 3.51. The first-order chi connectivity index (χ1) is 7.75. The van der Waals surface area contributed by atoms with E-state index >= 15 is 0 Å². The van der Waals surface area contributed by atoms with Gasteiger partial charge in [-0.05, 0) is 33.3 Å². The van der Waals surface area contributed by atoms with Crippen molar-refractivity contribution >= 4 is 21.4 Å². The van der Waals surface area contributed by atoms with Crippen molar-refractivity contribution in [2.45, 2.75) is 38.2 Å².